The molecule has 1 N–H and O–H groups in total. The van der Waals surface area contributed by atoms with Crippen LogP contribution in [-0.2, 0) is 17.1 Å². The van der Waals surface area contributed by atoms with Crippen molar-refractivity contribution in [2.45, 2.75) is 12.3 Å². The molecule has 0 atom stereocenters. The number of nitrogens with zero attached hydrogens (tertiary/aromatic N) is 1. The largest absolute Gasteiger partial charge is 0.323 e. The van der Waals surface area contributed by atoms with E-state index >= 15 is 0 Å². The van der Waals surface area contributed by atoms with Crippen molar-refractivity contribution in [2.24, 2.45) is 0 Å². The Hall–Kier alpha value is -0.690. The molecule has 1 amide bonds. The molecule has 0 spiro atoms. The fraction of sp³-hybridized carbons (Fsp3) is 0.167. The maximum Gasteiger partial charge on any atom is 0.231 e. The summed E-state index contributed by atoms with van der Waals surface area (Å²) in [6, 6.07) is 2.37. The number of thiazole rings is 1. The minimum absolute atomic E-state index is 0.113. The predicted octanol–water partition coefficient (Wildman–Crippen LogP) is 4.62. The molecule has 0 unspecified atom stereocenters. The second-order valence-corrected chi connectivity index (χ2v) is 6.31. The van der Waals surface area contributed by atoms with Crippen molar-refractivity contribution < 1.29 is 9.18 Å². The van der Waals surface area contributed by atoms with Crippen LogP contribution in [0.25, 0.3) is 0 Å². The van der Waals surface area contributed by atoms with Crippen LogP contribution in [0.4, 0.5) is 10.1 Å². The summed E-state index contributed by atoms with van der Waals surface area (Å²) in [4.78, 5) is 16.1. The van der Waals surface area contributed by atoms with Crippen LogP contribution in [0.3, 0.4) is 0 Å². The molecule has 0 saturated carbocycles. The zero-order chi connectivity index (χ0) is 14.7. The Balaban J connectivity index is 2.08. The molecule has 8 heteroatoms. The van der Waals surface area contributed by atoms with Crippen LogP contribution >= 0.6 is 50.5 Å². The summed E-state index contributed by atoms with van der Waals surface area (Å²) in [6.45, 7) is 0. The average molecular weight is 398 g/mol. The van der Waals surface area contributed by atoms with Gasteiger partial charge < -0.3 is 5.32 Å². The van der Waals surface area contributed by atoms with E-state index in [0.29, 0.717) is 21.0 Å². The molecule has 0 bridgehead atoms. The molecule has 106 valence electrons. The molecule has 0 fully saturated rings. The molecule has 1 aromatic carbocycles. The number of halogens is 4. The summed E-state index contributed by atoms with van der Waals surface area (Å²) < 4.78 is 13.5. The van der Waals surface area contributed by atoms with Gasteiger partial charge in [0, 0.05) is 9.85 Å². The van der Waals surface area contributed by atoms with E-state index < -0.39 is 5.82 Å². The molecule has 0 aliphatic heterocycles. The Morgan fingerprint density at radius 2 is 2.25 bits per heavy atom. The van der Waals surface area contributed by atoms with E-state index in [0.717, 1.165) is 11.8 Å². The first-order valence-electron chi connectivity index (χ1n) is 5.43. The Morgan fingerprint density at radius 3 is 2.85 bits per heavy atom. The van der Waals surface area contributed by atoms with Gasteiger partial charge in [-0.3, -0.25) is 4.79 Å². The van der Waals surface area contributed by atoms with Crippen molar-refractivity contribution in [2.75, 3.05) is 5.32 Å². The Bertz CT molecular complexity index is 627. The van der Waals surface area contributed by atoms with Crippen LogP contribution in [0.15, 0.2) is 22.0 Å². The van der Waals surface area contributed by atoms with Gasteiger partial charge in [0.15, 0.2) is 0 Å². The molecule has 0 saturated heterocycles. The summed E-state index contributed by atoms with van der Waals surface area (Å²) in [5, 5.41) is 5.22. The van der Waals surface area contributed by atoms with Crippen LogP contribution in [0.1, 0.15) is 10.7 Å². The third-order valence-corrected chi connectivity index (χ3v) is 4.41. The van der Waals surface area contributed by atoms with Crippen molar-refractivity contribution in [1.82, 2.24) is 4.98 Å². The fourth-order valence-corrected chi connectivity index (χ4v) is 3.39. The standard InChI is InChI=1S/C12H8BrCl2FN2OS/c13-8-1-6(16)2-9(15)12(8)18-10(19)3-11-17-7(4-14)5-20-11/h1-2,5H,3-4H2,(H,18,19). The van der Waals surface area contributed by atoms with Gasteiger partial charge in [0.1, 0.15) is 10.8 Å². The first-order chi connectivity index (χ1) is 9.49. The Kier molecular flexibility index (Phi) is 5.37. The SMILES string of the molecule is O=C(Cc1nc(CCl)cs1)Nc1c(Cl)cc(F)cc1Br. The monoisotopic (exact) mass is 396 g/mol. The molecule has 0 aliphatic carbocycles. The molecule has 0 radical (unpaired) electrons. The van der Waals surface area contributed by atoms with Crippen LogP contribution in [0.5, 0.6) is 0 Å². The van der Waals surface area contributed by atoms with Crippen LogP contribution in [0, 0.1) is 5.82 Å². The highest BCUT2D eigenvalue weighted by Gasteiger charge is 2.13. The van der Waals surface area contributed by atoms with E-state index in [9.17, 15) is 9.18 Å². The molecular weight excluding hydrogens is 390 g/mol. The smallest absolute Gasteiger partial charge is 0.231 e. The second-order valence-electron chi connectivity index (χ2n) is 3.84. The lowest BCUT2D eigenvalue weighted by Crippen LogP contribution is -2.15. The summed E-state index contributed by atoms with van der Waals surface area (Å²) in [5.41, 5.74) is 1.08. The molecular formula is C12H8BrCl2FN2OS. The quantitative estimate of drug-likeness (QED) is 0.765. The zero-order valence-corrected chi connectivity index (χ0v) is 13.8. The van der Waals surface area contributed by atoms with E-state index in [4.69, 9.17) is 23.2 Å². The van der Waals surface area contributed by atoms with Gasteiger partial charge in [-0.1, -0.05) is 11.6 Å². The van der Waals surface area contributed by atoms with Crippen molar-refractivity contribution >= 4 is 62.1 Å². The molecule has 0 aliphatic rings. The topological polar surface area (TPSA) is 42.0 Å². The highest BCUT2D eigenvalue weighted by Crippen LogP contribution is 2.31. The number of anilines is 1. The van der Waals surface area contributed by atoms with Gasteiger partial charge in [0.25, 0.3) is 0 Å². The van der Waals surface area contributed by atoms with E-state index in [1.807, 2.05) is 0 Å². The zero-order valence-electron chi connectivity index (χ0n) is 9.92. The first-order valence-corrected chi connectivity index (χ1v) is 8.01. The Labute approximate surface area is 137 Å². The van der Waals surface area contributed by atoms with E-state index in [1.165, 1.54) is 17.4 Å². The average Bonchev–Trinajstić information content (AvgIpc) is 2.81. The number of amides is 1. The highest BCUT2D eigenvalue weighted by atomic mass is 79.9. The maximum absolute atomic E-state index is 13.1. The number of benzene rings is 1. The number of aromatic nitrogens is 1. The molecule has 2 aromatic rings. The van der Waals surface area contributed by atoms with Crippen molar-refractivity contribution in [3.05, 3.63) is 43.5 Å². The number of alkyl halides is 1. The second kappa shape index (κ2) is 6.85. The van der Waals surface area contributed by atoms with Crippen molar-refractivity contribution in [3.8, 4) is 0 Å². The lowest BCUT2D eigenvalue weighted by Gasteiger charge is -2.09. The molecule has 1 heterocycles. The van der Waals surface area contributed by atoms with Crippen molar-refractivity contribution in [3.63, 3.8) is 0 Å². The number of nitrogens with one attached hydrogen (secondary N) is 1. The lowest BCUT2D eigenvalue weighted by atomic mass is 10.3. The molecule has 1 aromatic heterocycles. The maximum atomic E-state index is 13.1. The summed E-state index contributed by atoms with van der Waals surface area (Å²) in [6.07, 6.45) is 0.113. The van der Waals surface area contributed by atoms with E-state index in [2.05, 4.69) is 26.2 Å². The number of hydrogen-bond acceptors (Lipinski definition) is 3. The summed E-state index contributed by atoms with van der Waals surface area (Å²) in [5.74, 6) is -0.450. The van der Waals surface area contributed by atoms with Gasteiger partial charge >= 0.3 is 0 Å². The van der Waals surface area contributed by atoms with Gasteiger partial charge in [0.2, 0.25) is 5.91 Å². The van der Waals surface area contributed by atoms with Crippen LogP contribution < -0.4 is 5.32 Å². The van der Waals surface area contributed by atoms with Gasteiger partial charge in [0.05, 0.1) is 28.7 Å². The first kappa shape index (κ1) is 15.7. The fourth-order valence-electron chi connectivity index (χ4n) is 1.47. The van der Waals surface area contributed by atoms with Gasteiger partial charge in [-0.05, 0) is 28.1 Å². The minimum atomic E-state index is -0.480. The minimum Gasteiger partial charge on any atom is -0.323 e. The molecule has 2 rings (SSSR count). The number of carbonyl (C=O) groups excluding carboxylic acids is 1. The number of hydrogen-bond donors (Lipinski definition) is 1. The summed E-state index contributed by atoms with van der Waals surface area (Å²) >= 11 is 16.1. The predicted molar refractivity (Wildman–Crippen MR) is 83.1 cm³/mol. The summed E-state index contributed by atoms with van der Waals surface area (Å²) in [7, 11) is 0. The number of carbonyl (C=O) groups is 1. The third kappa shape index (κ3) is 3.91. The van der Waals surface area contributed by atoms with Gasteiger partial charge in [-0.15, -0.1) is 22.9 Å². The third-order valence-electron chi connectivity index (χ3n) is 2.32. The van der Waals surface area contributed by atoms with Gasteiger partial charge in [-0.25, -0.2) is 9.37 Å². The number of rotatable bonds is 4. The Morgan fingerprint density at radius 1 is 1.50 bits per heavy atom. The molecule has 3 nitrogen and oxygen atoms in total. The van der Waals surface area contributed by atoms with Crippen LogP contribution in [-0.4, -0.2) is 10.9 Å². The van der Waals surface area contributed by atoms with Crippen molar-refractivity contribution in [1.29, 1.82) is 0 Å². The highest BCUT2D eigenvalue weighted by molar-refractivity contribution is 9.10. The van der Waals surface area contributed by atoms with Crippen LogP contribution in [0.2, 0.25) is 5.02 Å². The normalized spacial score (nSPS) is 10.6. The van der Waals surface area contributed by atoms with Gasteiger partial charge in [-0.2, -0.15) is 0 Å². The van der Waals surface area contributed by atoms with E-state index in [1.54, 1.807) is 5.38 Å². The van der Waals surface area contributed by atoms with E-state index in [-0.39, 0.29) is 17.4 Å². The lowest BCUT2D eigenvalue weighted by molar-refractivity contribution is -0.115. The molecule has 20 heavy (non-hydrogen) atoms.